The number of ketones is 1. The summed E-state index contributed by atoms with van der Waals surface area (Å²) < 4.78 is 15.8. The highest BCUT2D eigenvalue weighted by Crippen LogP contribution is 2.35. The number of aryl methyl sites for hydroxylation is 1. The van der Waals surface area contributed by atoms with Crippen LogP contribution in [-0.4, -0.2) is 19.7 Å². The summed E-state index contributed by atoms with van der Waals surface area (Å²) in [6.45, 7) is 2.08. The molecule has 0 spiro atoms. The van der Waals surface area contributed by atoms with E-state index in [4.69, 9.17) is 14.2 Å². The molecule has 4 nitrogen and oxygen atoms in total. The van der Waals surface area contributed by atoms with Crippen molar-refractivity contribution in [1.29, 1.82) is 0 Å². The van der Waals surface area contributed by atoms with Gasteiger partial charge in [0, 0.05) is 11.1 Å². The maximum absolute atomic E-state index is 12.6. The highest BCUT2D eigenvalue weighted by atomic mass is 16.7. The Balaban J connectivity index is 2.02. The first-order chi connectivity index (χ1) is 9.69. The topological polar surface area (TPSA) is 44.8 Å². The van der Waals surface area contributed by atoms with Crippen LogP contribution in [-0.2, 0) is 0 Å². The number of ether oxygens (including phenoxy) is 3. The molecule has 0 aliphatic carbocycles. The zero-order valence-corrected chi connectivity index (χ0v) is 11.3. The number of carbonyl (C=O) groups is 1. The van der Waals surface area contributed by atoms with Gasteiger partial charge in [0.25, 0.3) is 0 Å². The minimum atomic E-state index is -0.0558. The van der Waals surface area contributed by atoms with E-state index >= 15 is 0 Å². The Morgan fingerprint density at radius 3 is 2.65 bits per heavy atom. The van der Waals surface area contributed by atoms with Gasteiger partial charge in [-0.25, -0.2) is 0 Å². The van der Waals surface area contributed by atoms with E-state index < -0.39 is 0 Å². The number of fused-ring (bicyclic) bond motifs is 1. The van der Waals surface area contributed by atoms with E-state index in [2.05, 4.69) is 0 Å². The van der Waals surface area contributed by atoms with E-state index in [9.17, 15) is 4.79 Å². The third-order valence-electron chi connectivity index (χ3n) is 3.30. The number of carbonyl (C=O) groups excluding carboxylic acids is 1. The molecule has 0 N–H and O–H groups in total. The van der Waals surface area contributed by atoms with Gasteiger partial charge in [-0.2, -0.15) is 0 Å². The second-order valence-electron chi connectivity index (χ2n) is 4.58. The van der Waals surface area contributed by atoms with Crippen LogP contribution in [0.1, 0.15) is 21.5 Å². The Kier molecular flexibility index (Phi) is 3.06. The van der Waals surface area contributed by atoms with Crippen molar-refractivity contribution in [2.45, 2.75) is 6.92 Å². The number of hydrogen-bond acceptors (Lipinski definition) is 4. The second kappa shape index (κ2) is 4.89. The second-order valence-corrected chi connectivity index (χ2v) is 4.58. The predicted molar refractivity (Wildman–Crippen MR) is 73.7 cm³/mol. The molecule has 0 bridgehead atoms. The molecule has 2 aromatic carbocycles. The first kappa shape index (κ1) is 12.5. The van der Waals surface area contributed by atoms with Gasteiger partial charge >= 0.3 is 0 Å². The molecule has 2 aromatic rings. The summed E-state index contributed by atoms with van der Waals surface area (Å²) in [5.74, 6) is 1.90. The van der Waals surface area contributed by atoms with Crippen LogP contribution in [0.5, 0.6) is 17.2 Å². The van der Waals surface area contributed by atoms with Gasteiger partial charge in [-0.15, -0.1) is 0 Å². The summed E-state index contributed by atoms with van der Waals surface area (Å²) >= 11 is 0. The molecule has 4 heteroatoms. The molecule has 0 unspecified atom stereocenters. The molecule has 0 aromatic heterocycles. The monoisotopic (exact) mass is 270 g/mol. The van der Waals surface area contributed by atoms with E-state index in [-0.39, 0.29) is 12.6 Å². The molecular weight excluding hydrogens is 256 g/mol. The average molecular weight is 270 g/mol. The van der Waals surface area contributed by atoms with Crippen LogP contribution >= 0.6 is 0 Å². The molecule has 0 radical (unpaired) electrons. The van der Waals surface area contributed by atoms with Crippen molar-refractivity contribution in [3.05, 3.63) is 53.1 Å². The fourth-order valence-corrected chi connectivity index (χ4v) is 2.21. The van der Waals surface area contributed by atoms with Gasteiger partial charge in [0.2, 0.25) is 6.79 Å². The van der Waals surface area contributed by atoms with Crippen LogP contribution in [0.4, 0.5) is 0 Å². The molecular formula is C16H14O4. The molecule has 3 rings (SSSR count). The fraction of sp³-hybridized carbons (Fsp3) is 0.188. The quantitative estimate of drug-likeness (QED) is 0.804. The maximum Gasteiger partial charge on any atom is 0.231 e. The summed E-state index contributed by atoms with van der Waals surface area (Å²) in [7, 11) is 1.58. The Morgan fingerprint density at radius 1 is 1.15 bits per heavy atom. The van der Waals surface area contributed by atoms with Crippen LogP contribution < -0.4 is 14.2 Å². The van der Waals surface area contributed by atoms with E-state index in [0.29, 0.717) is 28.4 Å². The number of methoxy groups -OCH3 is 1. The van der Waals surface area contributed by atoms with Gasteiger partial charge in [0.15, 0.2) is 17.3 Å². The van der Waals surface area contributed by atoms with Gasteiger partial charge in [-0.1, -0.05) is 12.1 Å². The minimum Gasteiger partial charge on any atom is -0.497 e. The third-order valence-corrected chi connectivity index (χ3v) is 3.30. The van der Waals surface area contributed by atoms with Crippen LogP contribution in [0, 0.1) is 6.92 Å². The Morgan fingerprint density at radius 2 is 1.90 bits per heavy atom. The molecule has 0 saturated heterocycles. The summed E-state index contributed by atoms with van der Waals surface area (Å²) in [6, 6.07) is 10.7. The Hall–Kier alpha value is -2.49. The van der Waals surface area contributed by atoms with Gasteiger partial charge in [-0.3, -0.25) is 4.79 Å². The molecule has 1 aliphatic heterocycles. The van der Waals surface area contributed by atoms with Gasteiger partial charge < -0.3 is 14.2 Å². The van der Waals surface area contributed by atoms with Crippen molar-refractivity contribution in [3.8, 4) is 17.2 Å². The fourth-order valence-electron chi connectivity index (χ4n) is 2.21. The summed E-state index contributed by atoms with van der Waals surface area (Å²) in [5, 5.41) is 0. The lowest BCUT2D eigenvalue weighted by atomic mass is 9.98. The zero-order chi connectivity index (χ0) is 14.1. The van der Waals surface area contributed by atoms with Crippen molar-refractivity contribution in [2.24, 2.45) is 0 Å². The molecule has 1 aliphatic rings. The number of rotatable bonds is 3. The van der Waals surface area contributed by atoms with Crippen LogP contribution in [0.15, 0.2) is 36.4 Å². The number of hydrogen-bond donors (Lipinski definition) is 0. The first-order valence-electron chi connectivity index (χ1n) is 6.28. The van der Waals surface area contributed by atoms with Crippen molar-refractivity contribution in [1.82, 2.24) is 0 Å². The highest BCUT2D eigenvalue weighted by Gasteiger charge is 2.20. The normalized spacial score (nSPS) is 12.3. The molecule has 0 amide bonds. The maximum atomic E-state index is 12.6. The summed E-state index contributed by atoms with van der Waals surface area (Å²) in [4.78, 5) is 12.6. The molecule has 0 saturated carbocycles. The van der Waals surface area contributed by atoms with E-state index in [1.807, 2.05) is 19.1 Å². The summed E-state index contributed by atoms with van der Waals surface area (Å²) in [6.07, 6.45) is 0. The van der Waals surface area contributed by atoms with Crippen LogP contribution in [0.25, 0.3) is 0 Å². The van der Waals surface area contributed by atoms with Gasteiger partial charge in [0.1, 0.15) is 5.75 Å². The lowest BCUT2D eigenvalue weighted by molar-refractivity contribution is 0.103. The Bertz CT molecular complexity index is 676. The SMILES string of the molecule is COc1cccc(C(=O)c2cc3c(cc2C)OCO3)c1. The minimum absolute atomic E-state index is 0.0558. The molecule has 20 heavy (non-hydrogen) atoms. The third kappa shape index (κ3) is 2.09. The first-order valence-corrected chi connectivity index (χ1v) is 6.28. The van der Waals surface area contributed by atoms with Gasteiger partial charge in [0.05, 0.1) is 7.11 Å². The lowest BCUT2D eigenvalue weighted by Crippen LogP contribution is -2.04. The standard InChI is InChI=1S/C16H14O4/c1-10-6-14-15(20-9-19-14)8-13(10)16(17)11-4-3-5-12(7-11)18-2/h3-8H,9H2,1-2H3. The molecule has 102 valence electrons. The predicted octanol–water partition coefficient (Wildman–Crippen LogP) is 2.96. The van der Waals surface area contributed by atoms with Gasteiger partial charge in [-0.05, 0) is 36.8 Å². The smallest absolute Gasteiger partial charge is 0.231 e. The van der Waals surface area contributed by atoms with E-state index in [1.165, 1.54) is 0 Å². The lowest BCUT2D eigenvalue weighted by Gasteiger charge is -2.08. The average Bonchev–Trinajstić information content (AvgIpc) is 2.92. The largest absolute Gasteiger partial charge is 0.497 e. The van der Waals surface area contributed by atoms with Crippen molar-refractivity contribution in [2.75, 3.05) is 13.9 Å². The van der Waals surface area contributed by atoms with Crippen molar-refractivity contribution < 1.29 is 19.0 Å². The number of benzene rings is 2. The van der Waals surface area contributed by atoms with Crippen molar-refractivity contribution >= 4 is 5.78 Å². The molecule has 0 fully saturated rings. The summed E-state index contributed by atoms with van der Waals surface area (Å²) in [5.41, 5.74) is 2.07. The van der Waals surface area contributed by atoms with Crippen molar-refractivity contribution in [3.63, 3.8) is 0 Å². The zero-order valence-electron chi connectivity index (χ0n) is 11.3. The van der Waals surface area contributed by atoms with E-state index in [0.717, 1.165) is 5.56 Å². The van der Waals surface area contributed by atoms with Crippen LogP contribution in [0.2, 0.25) is 0 Å². The van der Waals surface area contributed by atoms with Crippen LogP contribution in [0.3, 0.4) is 0 Å². The van der Waals surface area contributed by atoms with E-state index in [1.54, 1.807) is 31.4 Å². The highest BCUT2D eigenvalue weighted by molar-refractivity contribution is 6.10. The Labute approximate surface area is 116 Å². The molecule has 0 atom stereocenters. The molecule has 1 heterocycles.